The molecule has 2 fully saturated rings. The third kappa shape index (κ3) is 3.65. The van der Waals surface area contributed by atoms with Crippen LogP contribution in [0.25, 0.3) is 0 Å². The van der Waals surface area contributed by atoms with Crippen molar-refractivity contribution in [2.45, 2.75) is 45.4 Å². The number of likely N-dealkylation sites (N-methyl/N-ethyl adjacent to an activating group) is 1. The van der Waals surface area contributed by atoms with E-state index < -0.39 is 0 Å². The molecule has 28 heavy (non-hydrogen) atoms. The lowest BCUT2D eigenvalue weighted by Crippen LogP contribution is -2.33. The molecule has 0 spiro atoms. The summed E-state index contributed by atoms with van der Waals surface area (Å²) < 4.78 is 0. The van der Waals surface area contributed by atoms with Gasteiger partial charge in [0, 0.05) is 37.3 Å². The Labute approximate surface area is 169 Å². The summed E-state index contributed by atoms with van der Waals surface area (Å²) in [5.74, 6) is 1.34. The summed E-state index contributed by atoms with van der Waals surface area (Å²) in [4.78, 5) is 6.92. The number of hydrogen-bond donors (Lipinski definition) is 2. The molecule has 4 rings (SSSR count). The molecule has 0 amide bonds. The van der Waals surface area contributed by atoms with Crippen LogP contribution in [-0.4, -0.2) is 36.5 Å². The van der Waals surface area contributed by atoms with Crippen LogP contribution in [0.2, 0.25) is 0 Å². The van der Waals surface area contributed by atoms with Crippen molar-refractivity contribution in [2.24, 2.45) is 16.8 Å². The number of rotatable bonds is 6. The van der Waals surface area contributed by atoms with Crippen LogP contribution >= 0.6 is 0 Å². The second-order valence-corrected chi connectivity index (χ2v) is 8.63. The van der Waals surface area contributed by atoms with Gasteiger partial charge in [0.05, 0.1) is 18.0 Å². The zero-order valence-electron chi connectivity index (χ0n) is 17.2. The van der Waals surface area contributed by atoms with Crippen molar-refractivity contribution in [1.82, 2.24) is 10.2 Å². The molecular weight excluding hydrogens is 344 g/mol. The molecule has 0 bridgehead atoms. The summed E-state index contributed by atoms with van der Waals surface area (Å²) in [5.41, 5.74) is 7.72. The fourth-order valence-corrected chi connectivity index (χ4v) is 4.41. The van der Waals surface area contributed by atoms with E-state index in [0.717, 1.165) is 35.9 Å². The Morgan fingerprint density at radius 1 is 1.32 bits per heavy atom. The first-order chi connectivity index (χ1) is 13.5. The number of hydrogen-bond acceptors (Lipinski definition) is 4. The molecule has 2 saturated carbocycles. The molecule has 4 nitrogen and oxygen atoms in total. The van der Waals surface area contributed by atoms with Gasteiger partial charge in [0.15, 0.2) is 0 Å². The van der Waals surface area contributed by atoms with Gasteiger partial charge in [-0.2, -0.15) is 0 Å². The summed E-state index contributed by atoms with van der Waals surface area (Å²) in [6, 6.07) is 0. The maximum Gasteiger partial charge on any atom is 0.0766 e. The molecule has 2 N–H and O–H groups in total. The Kier molecular flexibility index (Phi) is 5.38. The lowest BCUT2D eigenvalue weighted by molar-refractivity contribution is 0.324. The third-order valence-corrected chi connectivity index (χ3v) is 6.81. The van der Waals surface area contributed by atoms with Gasteiger partial charge in [0.25, 0.3) is 0 Å². The molecule has 148 valence electrons. The Balaban J connectivity index is 1.45. The fraction of sp³-hybridized carbons (Fsp3) is 0.500. The Morgan fingerprint density at radius 2 is 2.07 bits per heavy atom. The van der Waals surface area contributed by atoms with Crippen LogP contribution in [0.1, 0.15) is 45.4 Å². The molecule has 2 aliphatic heterocycles. The summed E-state index contributed by atoms with van der Waals surface area (Å²) in [6.07, 6.45) is 15.5. The van der Waals surface area contributed by atoms with E-state index in [2.05, 4.69) is 41.8 Å². The summed E-state index contributed by atoms with van der Waals surface area (Å²) >= 11 is 0. The molecule has 0 saturated heterocycles. The number of nitrogens with one attached hydrogen (secondary N) is 2. The van der Waals surface area contributed by atoms with Crippen LogP contribution in [0.15, 0.2) is 64.1 Å². The van der Waals surface area contributed by atoms with E-state index in [9.17, 15) is 0 Å². The monoisotopic (exact) mass is 376 g/mol. The maximum absolute atomic E-state index is 8.33. The third-order valence-electron chi connectivity index (χ3n) is 6.81. The van der Waals surface area contributed by atoms with Crippen LogP contribution < -0.4 is 5.32 Å². The van der Waals surface area contributed by atoms with Gasteiger partial charge in [-0.25, -0.2) is 0 Å². The summed E-state index contributed by atoms with van der Waals surface area (Å²) in [5, 5.41) is 11.8. The van der Waals surface area contributed by atoms with Gasteiger partial charge in [0.2, 0.25) is 0 Å². The largest absolute Gasteiger partial charge is 0.385 e. The highest BCUT2D eigenvalue weighted by atomic mass is 15.1. The molecule has 0 aromatic rings. The lowest BCUT2D eigenvalue weighted by Gasteiger charge is -2.36. The highest BCUT2D eigenvalue weighted by Gasteiger charge is 2.28. The Hall–Kier alpha value is -2.36. The Bertz CT molecular complexity index is 829. The number of nitrogens with zero attached hydrogens (tertiary/aromatic N) is 2. The van der Waals surface area contributed by atoms with Gasteiger partial charge >= 0.3 is 0 Å². The molecule has 0 radical (unpaired) electrons. The van der Waals surface area contributed by atoms with Gasteiger partial charge in [0.1, 0.15) is 0 Å². The van der Waals surface area contributed by atoms with Crippen LogP contribution in [0.3, 0.4) is 0 Å². The molecule has 2 aliphatic carbocycles. The van der Waals surface area contributed by atoms with Gasteiger partial charge in [-0.15, -0.1) is 0 Å². The predicted molar refractivity (Wildman–Crippen MR) is 118 cm³/mol. The van der Waals surface area contributed by atoms with E-state index in [1.165, 1.54) is 49.8 Å². The predicted octanol–water partition coefficient (Wildman–Crippen LogP) is 4.75. The van der Waals surface area contributed by atoms with E-state index in [1.807, 2.05) is 6.20 Å². The van der Waals surface area contributed by atoms with Crippen LogP contribution in [-0.2, 0) is 0 Å². The molecule has 4 aliphatic rings. The lowest BCUT2D eigenvalue weighted by atomic mass is 9.76. The van der Waals surface area contributed by atoms with E-state index in [-0.39, 0.29) is 0 Å². The van der Waals surface area contributed by atoms with Crippen molar-refractivity contribution < 1.29 is 0 Å². The molecule has 0 aromatic heterocycles. The van der Waals surface area contributed by atoms with Crippen LogP contribution in [0.4, 0.5) is 0 Å². The minimum Gasteiger partial charge on any atom is -0.385 e. The van der Waals surface area contributed by atoms with Gasteiger partial charge in [-0.1, -0.05) is 19.4 Å². The van der Waals surface area contributed by atoms with Crippen LogP contribution in [0.5, 0.6) is 0 Å². The number of allylic oxidation sites excluding steroid dienone is 5. The minimum atomic E-state index is 0.507. The molecule has 0 unspecified atom stereocenters. The molecule has 0 aromatic carbocycles. The normalized spacial score (nSPS) is 24.7. The average Bonchev–Trinajstić information content (AvgIpc) is 2.57. The van der Waals surface area contributed by atoms with Crippen molar-refractivity contribution in [3.8, 4) is 0 Å². The smallest absolute Gasteiger partial charge is 0.0766 e. The first-order valence-corrected chi connectivity index (χ1v) is 10.6. The molecule has 2 heterocycles. The molecule has 0 atom stereocenters. The van der Waals surface area contributed by atoms with Gasteiger partial charge < -0.3 is 15.6 Å². The van der Waals surface area contributed by atoms with E-state index in [0.29, 0.717) is 11.6 Å². The second kappa shape index (κ2) is 7.94. The van der Waals surface area contributed by atoms with Gasteiger partial charge in [-0.3, -0.25) is 4.99 Å². The first kappa shape index (κ1) is 19.0. The first-order valence-electron chi connectivity index (χ1n) is 10.6. The van der Waals surface area contributed by atoms with E-state index >= 15 is 0 Å². The SMILES string of the molecule is C=C(C1=NC=CC(=N)/C1=C\NCC1=CC(C)=C(C2CCC2)CN1C)C1CCC1. The zero-order chi connectivity index (χ0) is 19.7. The second-order valence-electron chi connectivity index (χ2n) is 8.63. The van der Waals surface area contributed by atoms with Crippen molar-refractivity contribution in [3.05, 3.63) is 59.1 Å². The highest BCUT2D eigenvalue weighted by molar-refractivity contribution is 6.33. The fourth-order valence-electron chi connectivity index (χ4n) is 4.41. The van der Waals surface area contributed by atoms with Gasteiger partial charge in [-0.05, 0) is 73.3 Å². The van der Waals surface area contributed by atoms with Crippen molar-refractivity contribution in [3.63, 3.8) is 0 Å². The number of aliphatic imine (C=N–C) groups is 1. The van der Waals surface area contributed by atoms with E-state index in [4.69, 9.17) is 5.41 Å². The van der Waals surface area contributed by atoms with Crippen molar-refractivity contribution >= 4 is 11.4 Å². The topological polar surface area (TPSA) is 51.5 Å². The molecular formula is C24H32N4. The average molecular weight is 377 g/mol. The summed E-state index contributed by atoms with van der Waals surface area (Å²) in [6.45, 7) is 8.35. The van der Waals surface area contributed by atoms with E-state index in [1.54, 1.807) is 17.8 Å². The zero-order valence-corrected chi connectivity index (χ0v) is 17.2. The highest BCUT2D eigenvalue weighted by Crippen LogP contribution is 2.37. The summed E-state index contributed by atoms with van der Waals surface area (Å²) in [7, 11) is 2.18. The minimum absolute atomic E-state index is 0.507. The van der Waals surface area contributed by atoms with Crippen LogP contribution in [0, 0.1) is 17.2 Å². The maximum atomic E-state index is 8.33. The Morgan fingerprint density at radius 3 is 2.71 bits per heavy atom. The standard InChI is InChI=1S/C24H32N4/c1-16-12-20(28(3)15-22(16)19-8-5-9-19)13-26-14-21-23(25)10-11-27-24(21)17(2)18-6-4-7-18/h10-12,14,18-19,25-26H,2,4-9,13,15H2,1,3H3/b21-14+,25-23?. The molecule has 4 heteroatoms. The van der Waals surface area contributed by atoms with Crippen molar-refractivity contribution in [1.29, 1.82) is 5.41 Å². The quantitative estimate of drug-likeness (QED) is 0.703. The van der Waals surface area contributed by atoms with Crippen molar-refractivity contribution in [2.75, 3.05) is 20.1 Å².